The smallest absolute Gasteiger partial charge is 0.422 e. The zero-order valence-electron chi connectivity index (χ0n) is 12.2. The number of pyridine rings is 1. The van der Waals surface area contributed by atoms with Crippen molar-refractivity contribution in [2.24, 2.45) is 0 Å². The van der Waals surface area contributed by atoms with E-state index in [1.165, 1.54) is 18.3 Å². The first-order valence-corrected chi connectivity index (χ1v) is 7.29. The number of anilines is 1. The summed E-state index contributed by atoms with van der Waals surface area (Å²) in [6.45, 7) is -1.14. The molecule has 0 saturated heterocycles. The molecule has 1 aromatic carbocycles. The summed E-state index contributed by atoms with van der Waals surface area (Å²) < 4.78 is 96.3. The van der Waals surface area contributed by atoms with Gasteiger partial charge in [0.2, 0.25) is 11.6 Å². The molecule has 0 aliphatic rings. The number of hydrogen-bond acceptors (Lipinski definition) is 3. The third-order valence-corrected chi connectivity index (χ3v) is 3.32. The number of benzene rings is 1. The second-order valence-corrected chi connectivity index (χ2v) is 5.57. The summed E-state index contributed by atoms with van der Waals surface area (Å²) in [5.74, 6) is -13.0. The van der Waals surface area contributed by atoms with Gasteiger partial charge in [0.25, 0.3) is 5.91 Å². The lowest BCUT2D eigenvalue weighted by atomic mass is 10.1. The Morgan fingerprint density at radius 2 is 1.65 bits per heavy atom. The minimum Gasteiger partial charge on any atom is -0.477 e. The minimum absolute atomic E-state index is 0.0209. The molecule has 0 aliphatic carbocycles. The topological polar surface area (TPSA) is 51.2 Å². The van der Waals surface area contributed by atoms with Gasteiger partial charge in [0.15, 0.2) is 24.0 Å². The quantitative estimate of drug-likeness (QED) is 0.558. The van der Waals surface area contributed by atoms with Gasteiger partial charge in [-0.15, -0.1) is 0 Å². The van der Waals surface area contributed by atoms with Crippen LogP contribution in [-0.4, -0.2) is 17.5 Å². The van der Waals surface area contributed by atoms with Gasteiger partial charge in [0.1, 0.15) is 11.4 Å². The first kappa shape index (κ1) is 19.9. The van der Waals surface area contributed by atoms with E-state index in [0.717, 1.165) is 0 Å². The predicted octanol–water partition coefficient (Wildman–Crippen LogP) is 4.44. The number of rotatable bonds is 4. The number of ether oxygens (including phenoxy) is 1. The first-order valence-electron chi connectivity index (χ1n) is 6.49. The summed E-state index contributed by atoms with van der Waals surface area (Å²) in [4.78, 5) is 15.3. The number of carbonyl (C=O) groups excluding carboxylic acids is 1. The maximum atomic E-state index is 13.6. The number of halogens is 8. The Bertz CT molecular complexity index is 812. The fourth-order valence-electron chi connectivity index (χ4n) is 1.75. The summed E-state index contributed by atoms with van der Waals surface area (Å²) in [5, 5.41) is 2.13. The number of alkyl halides is 3. The average Bonchev–Trinajstić information content (AvgIpc) is 2.54. The fraction of sp³-hybridized carbons (Fsp3) is 0.143. The summed E-state index contributed by atoms with van der Waals surface area (Å²) in [5.41, 5.74) is -2.73. The van der Waals surface area contributed by atoms with Crippen LogP contribution in [0.4, 0.5) is 36.6 Å². The zero-order valence-corrected chi connectivity index (χ0v) is 13.8. The van der Waals surface area contributed by atoms with Crippen molar-refractivity contribution >= 4 is 27.7 Å². The molecule has 2 rings (SSSR count). The predicted molar refractivity (Wildman–Crippen MR) is 77.3 cm³/mol. The van der Waals surface area contributed by atoms with Crippen LogP contribution >= 0.6 is 15.9 Å². The van der Waals surface area contributed by atoms with E-state index in [2.05, 4.69) is 31.0 Å². The van der Waals surface area contributed by atoms with Crippen molar-refractivity contribution in [3.63, 3.8) is 0 Å². The van der Waals surface area contributed by atoms with Crippen LogP contribution in [0.25, 0.3) is 0 Å². The lowest BCUT2D eigenvalue weighted by Gasteiger charge is -2.14. The lowest BCUT2D eigenvalue weighted by Crippen LogP contribution is -2.23. The highest BCUT2D eigenvalue weighted by Crippen LogP contribution is 2.39. The Labute approximate surface area is 149 Å². The van der Waals surface area contributed by atoms with Gasteiger partial charge < -0.3 is 10.1 Å². The number of nitrogens with zero attached hydrogens (tertiary/aromatic N) is 1. The van der Waals surface area contributed by atoms with Crippen molar-refractivity contribution in [2.75, 3.05) is 11.9 Å². The molecule has 0 fully saturated rings. The van der Waals surface area contributed by atoms with Gasteiger partial charge >= 0.3 is 6.18 Å². The van der Waals surface area contributed by atoms with Crippen LogP contribution in [0.3, 0.4) is 0 Å². The van der Waals surface area contributed by atoms with Crippen molar-refractivity contribution in [3.8, 4) is 5.75 Å². The van der Waals surface area contributed by atoms with Crippen molar-refractivity contribution in [1.29, 1.82) is 0 Å². The molecule has 0 spiro atoms. The highest BCUT2D eigenvalue weighted by Gasteiger charge is 2.42. The second-order valence-electron chi connectivity index (χ2n) is 4.66. The van der Waals surface area contributed by atoms with Gasteiger partial charge in [0.05, 0.1) is 0 Å². The minimum atomic E-state index is -5.67. The Balaban J connectivity index is 2.19. The molecular weight excluding hydrogens is 441 g/mol. The molecule has 0 saturated carbocycles. The van der Waals surface area contributed by atoms with Gasteiger partial charge in [-0.25, -0.2) is 13.8 Å². The standard InChI is InChI=1S/C14H6BrF7N2O2/c15-5-1-2-6(23-3-5)24-7(25)4-26-13-11(18)9(16)8(14(20,21)22)10(17)12(13)19/h1-3H,4H2,(H,23,24,25). The van der Waals surface area contributed by atoms with Crippen LogP contribution in [0, 0.1) is 23.3 Å². The SMILES string of the molecule is O=C(COc1c(F)c(F)c(C(F)(F)F)c(F)c1F)Nc1ccc(Br)cn1. The van der Waals surface area contributed by atoms with Crippen LogP contribution in [0.1, 0.15) is 5.56 Å². The molecule has 0 atom stereocenters. The molecule has 26 heavy (non-hydrogen) atoms. The normalized spacial score (nSPS) is 11.4. The van der Waals surface area contributed by atoms with Crippen LogP contribution in [-0.2, 0) is 11.0 Å². The Kier molecular flexibility index (Phi) is 5.74. The van der Waals surface area contributed by atoms with Crippen LogP contribution in [0.15, 0.2) is 22.8 Å². The first-order chi connectivity index (χ1) is 12.0. The highest BCUT2D eigenvalue weighted by atomic mass is 79.9. The third-order valence-electron chi connectivity index (χ3n) is 2.85. The number of nitrogens with one attached hydrogen (secondary N) is 1. The maximum absolute atomic E-state index is 13.6. The van der Waals surface area contributed by atoms with E-state index in [0.29, 0.717) is 4.47 Å². The van der Waals surface area contributed by atoms with Crippen molar-refractivity contribution in [1.82, 2.24) is 4.98 Å². The van der Waals surface area contributed by atoms with E-state index in [-0.39, 0.29) is 5.82 Å². The third kappa shape index (κ3) is 4.23. The molecule has 1 aromatic heterocycles. The number of carbonyl (C=O) groups is 1. The maximum Gasteiger partial charge on any atom is 0.422 e. The molecule has 1 amide bonds. The number of hydrogen-bond donors (Lipinski definition) is 1. The van der Waals surface area contributed by atoms with E-state index in [4.69, 9.17) is 0 Å². The average molecular weight is 447 g/mol. The van der Waals surface area contributed by atoms with Gasteiger partial charge in [-0.1, -0.05) is 0 Å². The van der Waals surface area contributed by atoms with Crippen molar-refractivity contribution < 1.29 is 40.3 Å². The molecule has 0 bridgehead atoms. The van der Waals surface area contributed by atoms with Gasteiger partial charge in [-0.2, -0.15) is 22.0 Å². The van der Waals surface area contributed by atoms with Crippen LogP contribution in [0.2, 0.25) is 0 Å². The van der Waals surface area contributed by atoms with Crippen LogP contribution < -0.4 is 10.1 Å². The molecule has 1 N–H and O–H groups in total. The zero-order chi connectivity index (χ0) is 19.6. The highest BCUT2D eigenvalue weighted by molar-refractivity contribution is 9.10. The molecular formula is C14H6BrF7N2O2. The Hall–Kier alpha value is -2.37. The molecule has 140 valence electrons. The Morgan fingerprint density at radius 3 is 2.12 bits per heavy atom. The van der Waals surface area contributed by atoms with Gasteiger partial charge in [-0.05, 0) is 28.1 Å². The monoisotopic (exact) mass is 446 g/mol. The summed E-state index contributed by atoms with van der Waals surface area (Å²) in [6, 6.07) is 2.85. The molecule has 0 unspecified atom stereocenters. The molecule has 2 aromatic rings. The summed E-state index contributed by atoms with van der Waals surface area (Å²) in [6.07, 6.45) is -4.35. The van der Waals surface area contributed by atoms with Crippen LogP contribution in [0.5, 0.6) is 5.75 Å². The molecule has 12 heteroatoms. The molecule has 0 aliphatic heterocycles. The van der Waals surface area contributed by atoms with Gasteiger partial charge in [0, 0.05) is 10.7 Å². The van der Waals surface area contributed by atoms with E-state index >= 15 is 0 Å². The van der Waals surface area contributed by atoms with Gasteiger partial charge in [-0.3, -0.25) is 4.79 Å². The molecule has 0 radical (unpaired) electrons. The van der Waals surface area contributed by atoms with Crippen molar-refractivity contribution in [2.45, 2.75) is 6.18 Å². The van der Waals surface area contributed by atoms with E-state index in [1.807, 2.05) is 0 Å². The van der Waals surface area contributed by atoms with E-state index in [1.54, 1.807) is 0 Å². The summed E-state index contributed by atoms with van der Waals surface area (Å²) in [7, 11) is 0. The Morgan fingerprint density at radius 1 is 1.08 bits per heavy atom. The number of amides is 1. The summed E-state index contributed by atoms with van der Waals surface area (Å²) >= 11 is 3.09. The van der Waals surface area contributed by atoms with E-state index in [9.17, 15) is 35.5 Å². The van der Waals surface area contributed by atoms with E-state index < -0.39 is 53.3 Å². The largest absolute Gasteiger partial charge is 0.477 e. The number of aromatic nitrogens is 1. The fourth-order valence-corrected chi connectivity index (χ4v) is 1.99. The molecule has 1 heterocycles. The second kappa shape index (κ2) is 7.48. The van der Waals surface area contributed by atoms with Crippen molar-refractivity contribution in [3.05, 3.63) is 51.6 Å². The lowest BCUT2D eigenvalue weighted by molar-refractivity contribution is -0.143. The molecule has 4 nitrogen and oxygen atoms in total.